The molecule has 17 heavy (non-hydrogen) atoms. The van der Waals surface area contributed by atoms with Gasteiger partial charge in [0.2, 0.25) is 0 Å². The standard InChI is InChI=1S/C11H15NO3S2/c1-7-9(4-10(13)14)17-11(12-7)16-6-15-5-8-2-3-8/h8H,2-6H2,1H3,(H,13,14). The van der Waals surface area contributed by atoms with Crippen LogP contribution in [0.4, 0.5) is 0 Å². The largest absolute Gasteiger partial charge is 0.481 e. The number of hydrogen-bond donors (Lipinski definition) is 1. The van der Waals surface area contributed by atoms with Crippen LogP contribution in [0.15, 0.2) is 4.34 Å². The Balaban J connectivity index is 1.77. The van der Waals surface area contributed by atoms with Gasteiger partial charge >= 0.3 is 5.97 Å². The van der Waals surface area contributed by atoms with Crippen molar-refractivity contribution in [3.05, 3.63) is 10.6 Å². The molecule has 0 amide bonds. The van der Waals surface area contributed by atoms with E-state index in [0.29, 0.717) is 5.94 Å². The Morgan fingerprint density at radius 3 is 3.06 bits per heavy atom. The first kappa shape index (κ1) is 12.9. The second-order valence-electron chi connectivity index (χ2n) is 4.14. The number of carboxylic acid groups (broad SMARTS) is 1. The fraction of sp³-hybridized carbons (Fsp3) is 0.636. The van der Waals surface area contributed by atoms with Crippen molar-refractivity contribution >= 4 is 29.1 Å². The lowest BCUT2D eigenvalue weighted by Gasteiger charge is -1.99. The highest BCUT2D eigenvalue weighted by Crippen LogP contribution is 2.31. The summed E-state index contributed by atoms with van der Waals surface area (Å²) in [5.74, 6) is 0.574. The number of rotatable bonds is 7. The average molecular weight is 273 g/mol. The maximum absolute atomic E-state index is 10.6. The van der Waals surface area contributed by atoms with Crippen LogP contribution in [0.25, 0.3) is 0 Å². The highest BCUT2D eigenvalue weighted by atomic mass is 32.2. The molecule has 1 fully saturated rings. The lowest BCUT2D eigenvalue weighted by Crippen LogP contribution is -1.99. The molecule has 0 unspecified atom stereocenters. The van der Waals surface area contributed by atoms with E-state index in [1.165, 1.54) is 24.2 Å². The minimum absolute atomic E-state index is 0.0625. The summed E-state index contributed by atoms with van der Waals surface area (Å²) in [4.78, 5) is 15.8. The molecule has 2 rings (SSSR count). The molecule has 1 heterocycles. The fourth-order valence-electron chi connectivity index (χ4n) is 1.36. The molecule has 1 saturated carbocycles. The zero-order valence-electron chi connectivity index (χ0n) is 9.64. The van der Waals surface area contributed by atoms with E-state index in [2.05, 4.69) is 4.98 Å². The molecule has 0 aliphatic heterocycles. The number of aryl methyl sites for hydroxylation is 1. The SMILES string of the molecule is Cc1nc(SCOCC2CC2)sc1CC(=O)O. The number of carbonyl (C=O) groups is 1. The van der Waals surface area contributed by atoms with Crippen molar-refractivity contribution in [1.29, 1.82) is 0 Å². The topological polar surface area (TPSA) is 59.4 Å². The van der Waals surface area contributed by atoms with Gasteiger partial charge in [0.05, 0.1) is 24.7 Å². The smallest absolute Gasteiger partial charge is 0.308 e. The van der Waals surface area contributed by atoms with E-state index < -0.39 is 5.97 Å². The molecule has 94 valence electrons. The summed E-state index contributed by atoms with van der Waals surface area (Å²) in [5.41, 5.74) is 0.821. The van der Waals surface area contributed by atoms with Crippen LogP contribution in [-0.4, -0.2) is 28.6 Å². The van der Waals surface area contributed by atoms with E-state index >= 15 is 0 Å². The first-order valence-corrected chi connectivity index (χ1v) is 7.34. The third kappa shape index (κ3) is 4.29. The molecule has 0 radical (unpaired) electrons. The molecule has 0 spiro atoms. The van der Waals surface area contributed by atoms with Gasteiger partial charge in [-0.2, -0.15) is 0 Å². The zero-order chi connectivity index (χ0) is 12.3. The highest BCUT2D eigenvalue weighted by molar-refractivity contribution is 8.00. The minimum Gasteiger partial charge on any atom is -0.481 e. The van der Waals surface area contributed by atoms with E-state index in [0.717, 1.165) is 27.4 Å². The third-order valence-electron chi connectivity index (χ3n) is 2.50. The van der Waals surface area contributed by atoms with Crippen LogP contribution in [0, 0.1) is 12.8 Å². The van der Waals surface area contributed by atoms with Gasteiger partial charge in [-0.15, -0.1) is 11.3 Å². The van der Waals surface area contributed by atoms with Gasteiger partial charge in [-0.25, -0.2) is 4.98 Å². The van der Waals surface area contributed by atoms with E-state index in [1.54, 1.807) is 11.8 Å². The second-order valence-corrected chi connectivity index (χ2v) is 6.39. The van der Waals surface area contributed by atoms with Gasteiger partial charge in [-0.05, 0) is 25.7 Å². The number of hydrogen-bond acceptors (Lipinski definition) is 5. The van der Waals surface area contributed by atoms with Crippen molar-refractivity contribution in [2.75, 3.05) is 12.5 Å². The van der Waals surface area contributed by atoms with Crippen molar-refractivity contribution in [3.63, 3.8) is 0 Å². The maximum Gasteiger partial charge on any atom is 0.308 e. The summed E-state index contributed by atoms with van der Waals surface area (Å²) in [5, 5.41) is 8.73. The van der Waals surface area contributed by atoms with E-state index in [-0.39, 0.29) is 6.42 Å². The van der Waals surface area contributed by atoms with Crippen LogP contribution < -0.4 is 0 Å². The first-order chi connectivity index (χ1) is 8.15. The van der Waals surface area contributed by atoms with Crippen molar-refractivity contribution < 1.29 is 14.6 Å². The number of aliphatic carboxylic acids is 1. The lowest BCUT2D eigenvalue weighted by atomic mass is 10.3. The van der Waals surface area contributed by atoms with Crippen molar-refractivity contribution in [2.45, 2.75) is 30.5 Å². The summed E-state index contributed by atoms with van der Waals surface area (Å²) < 4.78 is 6.40. The Morgan fingerprint density at radius 2 is 2.41 bits per heavy atom. The quantitative estimate of drug-likeness (QED) is 0.470. The first-order valence-electron chi connectivity index (χ1n) is 5.54. The molecule has 0 atom stereocenters. The molecule has 1 aromatic rings. The van der Waals surface area contributed by atoms with Crippen LogP contribution in [-0.2, 0) is 16.0 Å². The number of aromatic nitrogens is 1. The second kappa shape index (κ2) is 5.84. The van der Waals surface area contributed by atoms with Gasteiger partial charge in [-0.1, -0.05) is 11.8 Å². The Labute approximate surface area is 108 Å². The van der Waals surface area contributed by atoms with Crippen molar-refractivity contribution in [2.24, 2.45) is 5.92 Å². The molecule has 1 aliphatic rings. The van der Waals surface area contributed by atoms with Gasteiger partial charge < -0.3 is 9.84 Å². The van der Waals surface area contributed by atoms with Crippen molar-refractivity contribution in [1.82, 2.24) is 4.98 Å². The van der Waals surface area contributed by atoms with E-state index in [1.807, 2.05) is 6.92 Å². The molecule has 4 nitrogen and oxygen atoms in total. The number of carboxylic acids is 1. The van der Waals surface area contributed by atoms with E-state index in [4.69, 9.17) is 9.84 Å². The minimum atomic E-state index is -0.807. The van der Waals surface area contributed by atoms with Crippen LogP contribution >= 0.6 is 23.1 Å². The summed E-state index contributed by atoms with van der Waals surface area (Å²) in [6.45, 7) is 2.70. The Hall–Kier alpha value is -0.590. The molecule has 0 saturated heterocycles. The number of thioether (sulfide) groups is 1. The lowest BCUT2D eigenvalue weighted by molar-refractivity contribution is -0.136. The van der Waals surface area contributed by atoms with Crippen molar-refractivity contribution in [3.8, 4) is 0 Å². The molecular weight excluding hydrogens is 258 g/mol. The normalized spacial score (nSPS) is 15.1. The highest BCUT2D eigenvalue weighted by Gasteiger charge is 2.21. The Bertz CT molecular complexity index is 401. The summed E-state index contributed by atoms with van der Waals surface area (Å²) in [6, 6.07) is 0. The monoisotopic (exact) mass is 273 g/mol. The number of thiazole rings is 1. The van der Waals surface area contributed by atoms with Gasteiger partial charge in [-0.3, -0.25) is 4.79 Å². The summed E-state index contributed by atoms with van der Waals surface area (Å²) >= 11 is 3.00. The van der Waals surface area contributed by atoms with Gasteiger partial charge in [0.25, 0.3) is 0 Å². The fourth-order valence-corrected chi connectivity index (χ4v) is 3.30. The molecular formula is C11H15NO3S2. The molecule has 1 N–H and O–H groups in total. The van der Waals surface area contributed by atoms with Gasteiger partial charge in [0.15, 0.2) is 4.34 Å². The van der Waals surface area contributed by atoms with E-state index in [9.17, 15) is 4.79 Å². The van der Waals surface area contributed by atoms with Crippen LogP contribution in [0.3, 0.4) is 0 Å². The van der Waals surface area contributed by atoms with Gasteiger partial charge in [0, 0.05) is 4.88 Å². The average Bonchev–Trinajstić information content (AvgIpc) is 3.00. The predicted octanol–water partition coefficient (Wildman–Crippen LogP) is 2.55. The zero-order valence-corrected chi connectivity index (χ0v) is 11.3. The number of nitrogens with zero attached hydrogens (tertiary/aromatic N) is 1. The molecule has 1 aromatic heterocycles. The van der Waals surface area contributed by atoms with Crippen LogP contribution in [0.2, 0.25) is 0 Å². The molecule has 1 aliphatic carbocycles. The molecule has 0 aromatic carbocycles. The van der Waals surface area contributed by atoms with Crippen LogP contribution in [0.5, 0.6) is 0 Å². The summed E-state index contributed by atoms with van der Waals surface area (Å²) in [7, 11) is 0. The Morgan fingerprint density at radius 1 is 1.65 bits per heavy atom. The molecule has 6 heteroatoms. The third-order valence-corrected chi connectivity index (χ3v) is 4.68. The summed E-state index contributed by atoms with van der Waals surface area (Å²) in [6.07, 6.45) is 2.65. The van der Waals surface area contributed by atoms with Crippen LogP contribution in [0.1, 0.15) is 23.4 Å². The Kier molecular flexibility index (Phi) is 4.42. The predicted molar refractivity (Wildman–Crippen MR) is 67.6 cm³/mol. The van der Waals surface area contributed by atoms with Gasteiger partial charge in [0.1, 0.15) is 0 Å². The molecule has 0 bridgehead atoms. The maximum atomic E-state index is 10.6. The number of ether oxygens (including phenoxy) is 1.